The van der Waals surface area contributed by atoms with Gasteiger partial charge in [-0.3, -0.25) is 0 Å². The maximum absolute atomic E-state index is 13.7. The van der Waals surface area contributed by atoms with Crippen molar-refractivity contribution >= 4 is 28.5 Å². The second-order valence-corrected chi connectivity index (χ2v) is 7.54. The molecule has 1 aliphatic heterocycles. The monoisotopic (exact) mass is 383 g/mol. The number of carbonyl (C=O) groups is 1. The molecule has 0 aliphatic carbocycles. The van der Waals surface area contributed by atoms with E-state index in [0.29, 0.717) is 27.3 Å². The Morgan fingerprint density at radius 3 is 2.41 bits per heavy atom. The number of benzene rings is 2. The molecule has 1 aromatic heterocycles. The molecule has 0 fully saturated rings. The molecule has 1 aliphatic rings. The fourth-order valence-corrected chi connectivity index (χ4v) is 4.05. The molecule has 3 nitrogen and oxygen atoms in total. The molecule has 4 rings (SSSR count). The van der Waals surface area contributed by atoms with Crippen LogP contribution in [0.2, 0.25) is 0 Å². The second-order valence-electron chi connectivity index (χ2n) is 6.34. The molecule has 0 unspecified atom stereocenters. The predicted molar refractivity (Wildman–Crippen MR) is 101 cm³/mol. The largest absolute Gasteiger partial charge is 0.457 e. The maximum atomic E-state index is 13.7. The smallest absolute Gasteiger partial charge is 0.340 e. The van der Waals surface area contributed by atoms with Crippen molar-refractivity contribution in [3.8, 4) is 11.3 Å². The Bertz CT molecular complexity index is 1080. The van der Waals surface area contributed by atoms with Crippen LogP contribution < -0.4 is 0 Å². The summed E-state index contributed by atoms with van der Waals surface area (Å²) in [5, 5.41) is 0.803. The summed E-state index contributed by atoms with van der Waals surface area (Å²) in [6.45, 7) is 3.88. The van der Waals surface area contributed by atoms with Crippen molar-refractivity contribution in [3.63, 3.8) is 0 Å². The molecule has 0 spiro atoms. The van der Waals surface area contributed by atoms with Gasteiger partial charge in [-0.2, -0.15) is 0 Å². The van der Waals surface area contributed by atoms with E-state index in [9.17, 15) is 13.6 Å². The van der Waals surface area contributed by atoms with Gasteiger partial charge in [-0.05, 0) is 31.5 Å². The molecule has 6 heteroatoms. The Morgan fingerprint density at radius 2 is 1.70 bits per heavy atom. The van der Waals surface area contributed by atoms with E-state index in [0.717, 1.165) is 28.3 Å². The van der Waals surface area contributed by atoms with Gasteiger partial charge >= 0.3 is 5.97 Å². The fourth-order valence-electron chi connectivity index (χ4n) is 3.05. The second kappa shape index (κ2) is 6.70. The van der Waals surface area contributed by atoms with E-state index in [2.05, 4.69) is 4.98 Å². The van der Waals surface area contributed by atoms with Gasteiger partial charge in [0.15, 0.2) is 11.6 Å². The zero-order valence-electron chi connectivity index (χ0n) is 14.7. The zero-order chi connectivity index (χ0) is 19.1. The number of halogens is 2. The quantitative estimate of drug-likeness (QED) is 0.586. The van der Waals surface area contributed by atoms with Crippen molar-refractivity contribution in [1.82, 2.24) is 4.98 Å². The molecule has 2 aromatic carbocycles. The first-order valence-electron chi connectivity index (χ1n) is 8.34. The number of ether oxygens (including phenoxy) is 1. The molecule has 3 aromatic rings. The van der Waals surface area contributed by atoms with Gasteiger partial charge in [0.05, 0.1) is 21.2 Å². The number of thiazole rings is 1. The Hall–Kier alpha value is -2.86. The molecular weight excluding hydrogens is 368 g/mol. The molecule has 136 valence electrons. The molecule has 0 atom stereocenters. The first-order valence-corrected chi connectivity index (χ1v) is 9.16. The van der Waals surface area contributed by atoms with E-state index in [1.165, 1.54) is 17.4 Å². The minimum absolute atomic E-state index is 0.0174. The number of nitrogens with zero attached hydrogens (tertiary/aromatic N) is 1. The summed E-state index contributed by atoms with van der Waals surface area (Å²) in [6.07, 6.45) is 0. The molecule has 27 heavy (non-hydrogen) atoms. The van der Waals surface area contributed by atoms with Gasteiger partial charge < -0.3 is 4.74 Å². The predicted octanol–water partition coefficient (Wildman–Crippen LogP) is 5.17. The average Bonchev–Trinajstić information content (AvgIpc) is 3.20. The van der Waals surface area contributed by atoms with Gasteiger partial charge in [-0.1, -0.05) is 35.9 Å². The third-order valence-corrected chi connectivity index (χ3v) is 5.40. The standard InChI is InChI=1S/C21H15F2NO2S/c1-11-3-5-13(6-4-11)19-20(27-12(2)24-19)18-15(10-26-21(18)25)14-7-8-16(22)17(23)9-14/h3-9H,10H2,1-2H3. The molecule has 0 N–H and O–H groups in total. The van der Waals surface area contributed by atoms with E-state index in [1.807, 2.05) is 38.1 Å². The van der Waals surface area contributed by atoms with Crippen molar-refractivity contribution in [2.24, 2.45) is 0 Å². The molecular formula is C21H15F2NO2S. The van der Waals surface area contributed by atoms with E-state index in [-0.39, 0.29) is 6.61 Å². The van der Waals surface area contributed by atoms with Crippen molar-refractivity contribution in [2.45, 2.75) is 13.8 Å². The van der Waals surface area contributed by atoms with Crippen molar-refractivity contribution in [1.29, 1.82) is 0 Å². The van der Waals surface area contributed by atoms with E-state index in [1.54, 1.807) is 0 Å². The lowest BCUT2D eigenvalue weighted by Gasteiger charge is -2.06. The number of rotatable bonds is 3. The van der Waals surface area contributed by atoms with Crippen LogP contribution in [0.15, 0.2) is 42.5 Å². The normalized spacial score (nSPS) is 14.0. The highest BCUT2D eigenvalue weighted by Gasteiger charge is 2.31. The topological polar surface area (TPSA) is 39.2 Å². The van der Waals surface area contributed by atoms with Gasteiger partial charge in [-0.25, -0.2) is 18.6 Å². The number of carbonyl (C=O) groups excluding carboxylic acids is 1. The summed E-state index contributed by atoms with van der Waals surface area (Å²) < 4.78 is 32.2. The van der Waals surface area contributed by atoms with Crippen LogP contribution in [-0.4, -0.2) is 17.6 Å². The molecule has 0 radical (unpaired) electrons. The highest BCUT2D eigenvalue weighted by Crippen LogP contribution is 2.41. The molecule has 0 saturated heterocycles. The minimum atomic E-state index is -0.960. The third kappa shape index (κ3) is 3.17. The Morgan fingerprint density at radius 1 is 1.00 bits per heavy atom. The lowest BCUT2D eigenvalue weighted by atomic mass is 9.98. The van der Waals surface area contributed by atoms with Crippen molar-refractivity contribution in [3.05, 3.63) is 75.1 Å². The van der Waals surface area contributed by atoms with Crippen LogP contribution in [0.4, 0.5) is 8.78 Å². The van der Waals surface area contributed by atoms with Crippen LogP contribution >= 0.6 is 11.3 Å². The fraction of sp³-hybridized carbons (Fsp3) is 0.143. The Kier molecular flexibility index (Phi) is 4.36. The van der Waals surface area contributed by atoms with Gasteiger partial charge in [0.1, 0.15) is 6.61 Å². The third-order valence-electron chi connectivity index (χ3n) is 4.41. The van der Waals surface area contributed by atoms with Gasteiger partial charge in [-0.15, -0.1) is 11.3 Å². The summed E-state index contributed by atoms with van der Waals surface area (Å²) in [5.74, 6) is -2.37. The van der Waals surface area contributed by atoms with E-state index < -0.39 is 17.6 Å². The number of aryl methyl sites for hydroxylation is 2. The SMILES string of the molecule is Cc1ccc(-c2nc(C)sc2C2=C(c3ccc(F)c(F)c3)COC2=O)cc1. The summed E-state index contributed by atoms with van der Waals surface area (Å²) in [5.41, 5.74) is 4.02. The maximum Gasteiger partial charge on any atom is 0.340 e. The van der Waals surface area contributed by atoms with Gasteiger partial charge in [0.25, 0.3) is 0 Å². The zero-order valence-corrected chi connectivity index (χ0v) is 15.5. The van der Waals surface area contributed by atoms with Crippen LogP contribution in [0.1, 0.15) is 21.0 Å². The average molecular weight is 383 g/mol. The van der Waals surface area contributed by atoms with Crippen LogP contribution in [0.5, 0.6) is 0 Å². The summed E-state index contributed by atoms with van der Waals surface area (Å²) in [4.78, 5) is 17.8. The highest BCUT2D eigenvalue weighted by atomic mass is 32.1. The Balaban J connectivity index is 1.91. The first-order chi connectivity index (χ1) is 12.9. The summed E-state index contributed by atoms with van der Waals surface area (Å²) in [6, 6.07) is 11.5. The highest BCUT2D eigenvalue weighted by molar-refractivity contribution is 7.13. The number of hydrogen-bond donors (Lipinski definition) is 0. The van der Waals surface area contributed by atoms with Crippen LogP contribution in [0, 0.1) is 25.5 Å². The summed E-state index contributed by atoms with van der Waals surface area (Å²) in [7, 11) is 0. The molecule has 0 amide bonds. The summed E-state index contributed by atoms with van der Waals surface area (Å²) >= 11 is 1.38. The van der Waals surface area contributed by atoms with E-state index in [4.69, 9.17) is 4.74 Å². The van der Waals surface area contributed by atoms with Crippen LogP contribution in [0.25, 0.3) is 22.4 Å². The number of cyclic esters (lactones) is 1. The lowest BCUT2D eigenvalue weighted by Crippen LogP contribution is -1.98. The molecule has 0 bridgehead atoms. The Labute approximate surface area is 159 Å². The lowest BCUT2D eigenvalue weighted by molar-refractivity contribution is -0.133. The van der Waals surface area contributed by atoms with Gasteiger partial charge in [0.2, 0.25) is 0 Å². The van der Waals surface area contributed by atoms with Gasteiger partial charge in [0, 0.05) is 11.1 Å². The minimum Gasteiger partial charge on any atom is -0.457 e. The van der Waals surface area contributed by atoms with E-state index >= 15 is 0 Å². The number of esters is 1. The molecule has 2 heterocycles. The van der Waals surface area contributed by atoms with Crippen LogP contribution in [-0.2, 0) is 9.53 Å². The van der Waals surface area contributed by atoms with Crippen LogP contribution in [0.3, 0.4) is 0 Å². The van der Waals surface area contributed by atoms with Crippen molar-refractivity contribution in [2.75, 3.05) is 6.61 Å². The van der Waals surface area contributed by atoms with Crippen molar-refractivity contribution < 1.29 is 18.3 Å². The number of hydrogen-bond acceptors (Lipinski definition) is 4. The molecule has 0 saturated carbocycles. The first kappa shape index (κ1) is 17.5. The number of aromatic nitrogens is 1.